The molecule has 1 rings (SSSR count). The van der Waals surface area contributed by atoms with Gasteiger partial charge in [0.2, 0.25) is 0 Å². The van der Waals surface area contributed by atoms with Gasteiger partial charge in [-0.1, -0.05) is 6.08 Å². The first kappa shape index (κ1) is 15.6. The summed E-state index contributed by atoms with van der Waals surface area (Å²) in [4.78, 5) is 12.0. The zero-order chi connectivity index (χ0) is 15.3. The highest BCUT2D eigenvalue weighted by atomic mass is 19.4. The van der Waals surface area contributed by atoms with Gasteiger partial charge >= 0.3 is 12.1 Å². The third kappa shape index (κ3) is 3.75. The SMILES string of the molecule is C=CCN(CC(=O)O)c1ccc(C(F)(F)F)c(C#N)c1. The molecule has 0 heterocycles. The number of anilines is 1. The summed E-state index contributed by atoms with van der Waals surface area (Å²) in [5, 5.41) is 17.6. The normalized spacial score (nSPS) is 10.7. The van der Waals surface area contributed by atoms with E-state index in [9.17, 15) is 18.0 Å². The predicted molar refractivity (Wildman–Crippen MR) is 66.2 cm³/mol. The Hall–Kier alpha value is -2.49. The van der Waals surface area contributed by atoms with Crippen molar-refractivity contribution in [2.24, 2.45) is 0 Å². The number of alkyl halides is 3. The van der Waals surface area contributed by atoms with Crippen molar-refractivity contribution in [1.82, 2.24) is 0 Å². The maximum Gasteiger partial charge on any atom is 0.417 e. The second-order valence-corrected chi connectivity index (χ2v) is 3.90. The molecule has 0 atom stereocenters. The summed E-state index contributed by atoms with van der Waals surface area (Å²) < 4.78 is 38.0. The molecule has 0 amide bonds. The number of hydrogen-bond donors (Lipinski definition) is 1. The summed E-state index contributed by atoms with van der Waals surface area (Å²) >= 11 is 0. The molecule has 4 nitrogen and oxygen atoms in total. The second kappa shape index (κ2) is 6.10. The summed E-state index contributed by atoms with van der Waals surface area (Å²) in [6.07, 6.45) is -3.20. The molecule has 7 heteroatoms. The lowest BCUT2D eigenvalue weighted by Crippen LogP contribution is -2.29. The zero-order valence-corrected chi connectivity index (χ0v) is 10.3. The Labute approximate surface area is 113 Å². The molecule has 0 aliphatic carbocycles. The van der Waals surface area contributed by atoms with Crippen LogP contribution in [-0.4, -0.2) is 24.2 Å². The van der Waals surface area contributed by atoms with Crippen molar-refractivity contribution in [3.05, 3.63) is 42.0 Å². The molecule has 1 aromatic rings. The number of carboxylic acid groups (broad SMARTS) is 1. The van der Waals surface area contributed by atoms with Crippen LogP contribution in [0.1, 0.15) is 11.1 Å². The highest BCUT2D eigenvalue weighted by Crippen LogP contribution is 2.33. The van der Waals surface area contributed by atoms with Crippen LogP contribution in [-0.2, 0) is 11.0 Å². The number of benzene rings is 1. The Morgan fingerprint density at radius 2 is 2.15 bits per heavy atom. The van der Waals surface area contributed by atoms with E-state index in [1.54, 1.807) is 0 Å². The molecule has 0 fully saturated rings. The molecule has 0 aliphatic rings. The van der Waals surface area contributed by atoms with Crippen LogP contribution >= 0.6 is 0 Å². The minimum atomic E-state index is -4.63. The standard InChI is InChI=1S/C13H11F3N2O2/c1-2-5-18(8-12(19)20)10-3-4-11(13(14,15)16)9(6-10)7-17/h2-4,6H,1,5,8H2,(H,19,20). The zero-order valence-electron chi connectivity index (χ0n) is 10.3. The van der Waals surface area contributed by atoms with Gasteiger partial charge in [0.25, 0.3) is 0 Å². The number of carbonyl (C=O) groups is 1. The Kier molecular flexibility index (Phi) is 4.75. The van der Waals surface area contributed by atoms with Gasteiger partial charge in [0.05, 0.1) is 17.2 Å². The van der Waals surface area contributed by atoms with Gasteiger partial charge in [-0.2, -0.15) is 18.4 Å². The predicted octanol–water partition coefficient (Wildman–Crippen LogP) is 2.65. The van der Waals surface area contributed by atoms with Gasteiger partial charge in [0, 0.05) is 12.2 Å². The lowest BCUT2D eigenvalue weighted by atomic mass is 10.1. The van der Waals surface area contributed by atoms with E-state index in [0.717, 1.165) is 18.2 Å². The third-order valence-corrected chi connectivity index (χ3v) is 2.47. The molecule has 0 aliphatic heterocycles. The molecular weight excluding hydrogens is 273 g/mol. The van der Waals surface area contributed by atoms with Crippen LogP contribution < -0.4 is 4.90 Å². The van der Waals surface area contributed by atoms with Crippen LogP contribution in [0.3, 0.4) is 0 Å². The monoisotopic (exact) mass is 284 g/mol. The van der Waals surface area contributed by atoms with Gasteiger partial charge in [-0.05, 0) is 18.2 Å². The number of hydrogen-bond acceptors (Lipinski definition) is 3. The number of rotatable bonds is 5. The molecular formula is C13H11F3N2O2. The van der Waals surface area contributed by atoms with Crippen molar-refractivity contribution < 1.29 is 23.1 Å². The van der Waals surface area contributed by atoms with E-state index >= 15 is 0 Å². The Morgan fingerprint density at radius 1 is 1.50 bits per heavy atom. The van der Waals surface area contributed by atoms with Gasteiger partial charge in [-0.3, -0.25) is 4.79 Å². The van der Waals surface area contributed by atoms with Gasteiger partial charge < -0.3 is 10.0 Å². The maximum absolute atomic E-state index is 12.7. The first-order chi connectivity index (χ1) is 9.29. The molecule has 0 bridgehead atoms. The number of halogens is 3. The maximum atomic E-state index is 12.7. The first-order valence-electron chi connectivity index (χ1n) is 5.48. The average Bonchev–Trinajstić information content (AvgIpc) is 2.36. The Bertz CT molecular complexity index is 562. The molecule has 0 unspecified atom stereocenters. The van der Waals surface area contributed by atoms with E-state index in [1.807, 2.05) is 0 Å². The van der Waals surface area contributed by atoms with Crippen molar-refractivity contribution in [3.63, 3.8) is 0 Å². The fourth-order valence-corrected chi connectivity index (χ4v) is 1.65. The van der Waals surface area contributed by atoms with E-state index in [2.05, 4.69) is 6.58 Å². The lowest BCUT2D eigenvalue weighted by Gasteiger charge is -2.22. The summed E-state index contributed by atoms with van der Waals surface area (Å²) in [6.45, 7) is 3.19. The smallest absolute Gasteiger partial charge is 0.417 e. The van der Waals surface area contributed by atoms with Crippen LogP contribution in [0.25, 0.3) is 0 Å². The van der Waals surface area contributed by atoms with E-state index in [0.29, 0.717) is 0 Å². The van der Waals surface area contributed by atoms with Gasteiger partial charge in [0.15, 0.2) is 0 Å². The van der Waals surface area contributed by atoms with Crippen LogP contribution in [0, 0.1) is 11.3 Å². The Morgan fingerprint density at radius 3 is 2.60 bits per heavy atom. The number of aliphatic carboxylic acids is 1. The molecule has 1 aromatic carbocycles. The molecule has 20 heavy (non-hydrogen) atoms. The van der Waals surface area contributed by atoms with Crippen molar-refractivity contribution in [1.29, 1.82) is 5.26 Å². The number of carboxylic acids is 1. The fourth-order valence-electron chi connectivity index (χ4n) is 1.65. The van der Waals surface area contributed by atoms with E-state index in [4.69, 9.17) is 10.4 Å². The summed E-state index contributed by atoms with van der Waals surface area (Å²) in [7, 11) is 0. The molecule has 0 saturated carbocycles. The van der Waals surface area contributed by atoms with Crippen molar-refractivity contribution in [2.75, 3.05) is 18.0 Å². The van der Waals surface area contributed by atoms with E-state index in [1.165, 1.54) is 17.0 Å². The minimum absolute atomic E-state index is 0.141. The molecule has 0 spiro atoms. The van der Waals surface area contributed by atoms with Crippen LogP contribution in [0.15, 0.2) is 30.9 Å². The highest BCUT2D eigenvalue weighted by molar-refractivity contribution is 5.74. The summed E-state index contributed by atoms with van der Waals surface area (Å²) in [6, 6.07) is 4.40. The van der Waals surface area contributed by atoms with E-state index < -0.39 is 29.8 Å². The second-order valence-electron chi connectivity index (χ2n) is 3.90. The molecule has 0 radical (unpaired) electrons. The summed E-state index contributed by atoms with van der Waals surface area (Å²) in [5.41, 5.74) is -1.37. The van der Waals surface area contributed by atoms with Crippen molar-refractivity contribution >= 4 is 11.7 Å². The van der Waals surface area contributed by atoms with Crippen molar-refractivity contribution in [3.8, 4) is 6.07 Å². The van der Waals surface area contributed by atoms with E-state index in [-0.39, 0.29) is 12.2 Å². The largest absolute Gasteiger partial charge is 0.480 e. The number of nitriles is 1. The topological polar surface area (TPSA) is 64.3 Å². The average molecular weight is 284 g/mol. The third-order valence-electron chi connectivity index (χ3n) is 2.47. The van der Waals surface area contributed by atoms with Crippen LogP contribution in [0.2, 0.25) is 0 Å². The van der Waals surface area contributed by atoms with Crippen LogP contribution in [0.5, 0.6) is 0 Å². The molecule has 0 aromatic heterocycles. The van der Waals surface area contributed by atoms with Gasteiger partial charge in [0.1, 0.15) is 6.54 Å². The highest BCUT2D eigenvalue weighted by Gasteiger charge is 2.33. The number of nitrogens with zero attached hydrogens (tertiary/aromatic N) is 2. The first-order valence-corrected chi connectivity index (χ1v) is 5.48. The van der Waals surface area contributed by atoms with Gasteiger partial charge in [-0.15, -0.1) is 6.58 Å². The molecule has 106 valence electrons. The van der Waals surface area contributed by atoms with Crippen molar-refractivity contribution in [2.45, 2.75) is 6.18 Å². The van der Waals surface area contributed by atoms with Crippen LogP contribution in [0.4, 0.5) is 18.9 Å². The molecule has 0 saturated heterocycles. The minimum Gasteiger partial charge on any atom is -0.480 e. The Balaban J connectivity index is 3.23. The van der Waals surface area contributed by atoms with Gasteiger partial charge in [-0.25, -0.2) is 0 Å². The molecule has 1 N–H and O–H groups in total. The lowest BCUT2D eigenvalue weighted by molar-refractivity contribution is -0.138. The fraction of sp³-hybridized carbons (Fsp3) is 0.231. The quantitative estimate of drug-likeness (QED) is 0.844. The summed E-state index contributed by atoms with van der Waals surface area (Å²) in [5.74, 6) is -1.13.